The van der Waals surface area contributed by atoms with Crippen molar-refractivity contribution in [3.05, 3.63) is 28.2 Å². The summed E-state index contributed by atoms with van der Waals surface area (Å²) in [6, 6.07) is 6.77. The van der Waals surface area contributed by atoms with Crippen molar-refractivity contribution in [1.82, 2.24) is 5.32 Å². The van der Waals surface area contributed by atoms with Crippen molar-refractivity contribution in [2.45, 2.75) is 51.5 Å². The third-order valence-corrected chi connectivity index (χ3v) is 4.14. The molecule has 1 aromatic rings. The highest BCUT2D eigenvalue weighted by Crippen LogP contribution is 2.29. The van der Waals surface area contributed by atoms with Gasteiger partial charge in [-0.25, -0.2) is 0 Å². The van der Waals surface area contributed by atoms with Gasteiger partial charge in [-0.2, -0.15) is 0 Å². The van der Waals surface area contributed by atoms with Crippen LogP contribution in [0.2, 0.25) is 0 Å². The van der Waals surface area contributed by atoms with Gasteiger partial charge in [-0.1, -0.05) is 45.1 Å². The van der Waals surface area contributed by atoms with Gasteiger partial charge in [0.2, 0.25) is 0 Å². The van der Waals surface area contributed by atoms with Gasteiger partial charge in [-0.3, -0.25) is 0 Å². The summed E-state index contributed by atoms with van der Waals surface area (Å²) in [5.74, 6) is 0.890. The van der Waals surface area contributed by atoms with E-state index < -0.39 is 0 Å². The number of nitrogens with one attached hydrogen (secondary N) is 1. The summed E-state index contributed by atoms with van der Waals surface area (Å²) in [5.41, 5.74) is 1.32. The van der Waals surface area contributed by atoms with Crippen LogP contribution in [0, 0.1) is 0 Å². The van der Waals surface area contributed by atoms with Crippen LogP contribution in [0.4, 0.5) is 0 Å². The number of halogens is 1. The summed E-state index contributed by atoms with van der Waals surface area (Å²) < 4.78 is 6.30. The summed E-state index contributed by atoms with van der Waals surface area (Å²) in [5, 5.41) is 3.41. The lowest BCUT2D eigenvalue weighted by molar-refractivity contribution is 0.411. The first-order valence-electron chi connectivity index (χ1n) is 7.23. The van der Waals surface area contributed by atoms with Crippen LogP contribution in [0.15, 0.2) is 22.7 Å². The molecule has 2 nitrogen and oxygen atoms in total. The van der Waals surface area contributed by atoms with Gasteiger partial charge in [0.25, 0.3) is 0 Å². The first-order chi connectivity index (χ1) is 9.22. The normalized spacial score (nSPS) is 12.4. The van der Waals surface area contributed by atoms with Gasteiger partial charge in [0.15, 0.2) is 0 Å². The number of benzene rings is 1. The van der Waals surface area contributed by atoms with E-state index >= 15 is 0 Å². The Bertz CT molecular complexity index is 368. The molecule has 0 saturated heterocycles. The Morgan fingerprint density at radius 2 is 1.95 bits per heavy atom. The molecule has 1 atom stereocenters. The molecule has 0 aliphatic carbocycles. The van der Waals surface area contributed by atoms with Crippen LogP contribution in [0.1, 0.15) is 57.1 Å². The van der Waals surface area contributed by atoms with Crippen molar-refractivity contribution >= 4 is 15.9 Å². The highest BCUT2D eigenvalue weighted by atomic mass is 79.9. The monoisotopic (exact) mass is 327 g/mol. The van der Waals surface area contributed by atoms with Crippen LogP contribution in [-0.4, -0.2) is 14.2 Å². The van der Waals surface area contributed by atoms with E-state index in [-0.39, 0.29) is 0 Å². The van der Waals surface area contributed by atoms with Crippen LogP contribution in [0.3, 0.4) is 0 Å². The number of ether oxygens (including phenoxy) is 1. The molecule has 108 valence electrons. The molecule has 3 heteroatoms. The smallest absolute Gasteiger partial charge is 0.133 e. The van der Waals surface area contributed by atoms with E-state index in [0.717, 1.165) is 10.2 Å². The second-order valence-corrected chi connectivity index (χ2v) is 5.79. The lowest BCUT2D eigenvalue weighted by Gasteiger charge is -2.17. The van der Waals surface area contributed by atoms with Crippen LogP contribution < -0.4 is 10.1 Å². The summed E-state index contributed by atoms with van der Waals surface area (Å²) in [4.78, 5) is 0. The standard InChI is InChI=1S/C16H26BrNO/c1-4-5-6-7-8-9-15(18-2)13-10-11-16(19-3)14(17)12-13/h10-12,15,18H,4-9H2,1-3H3. The molecular formula is C16H26BrNO. The molecule has 0 aromatic heterocycles. The van der Waals surface area contributed by atoms with E-state index in [9.17, 15) is 0 Å². The quantitative estimate of drug-likeness (QED) is 0.638. The summed E-state index contributed by atoms with van der Waals surface area (Å²) in [7, 11) is 3.73. The summed E-state index contributed by atoms with van der Waals surface area (Å²) >= 11 is 3.55. The highest BCUT2D eigenvalue weighted by molar-refractivity contribution is 9.10. The van der Waals surface area contributed by atoms with Crippen LogP contribution in [-0.2, 0) is 0 Å². The first kappa shape index (κ1) is 16.5. The van der Waals surface area contributed by atoms with Gasteiger partial charge >= 0.3 is 0 Å². The molecule has 0 fully saturated rings. The second-order valence-electron chi connectivity index (χ2n) is 4.94. The minimum Gasteiger partial charge on any atom is -0.496 e. The molecular weight excluding hydrogens is 302 g/mol. The van der Waals surface area contributed by atoms with Gasteiger partial charge < -0.3 is 10.1 Å². The zero-order valence-corrected chi connectivity index (χ0v) is 13.9. The lowest BCUT2D eigenvalue weighted by atomic mass is 10.00. The Labute approximate surface area is 126 Å². The van der Waals surface area contributed by atoms with E-state index in [4.69, 9.17) is 4.74 Å². The number of hydrogen-bond donors (Lipinski definition) is 1. The van der Waals surface area contributed by atoms with E-state index in [0.29, 0.717) is 6.04 Å². The minimum absolute atomic E-state index is 0.434. The molecule has 0 aliphatic heterocycles. The van der Waals surface area contributed by atoms with Gasteiger partial charge in [0, 0.05) is 6.04 Å². The van der Waals surface area contributed by atoms with E-state index in [2.05, 4.69) is 40.3 Å². The molecule has 0 bridgehead atoms. The predicted molar refractivity (Wildman–Crippen MR) is 85.9 cm³/mol. The van der Waals surface area contributed by atoms with Crippen molar-refractivity contribution in [2.24, 2.45) is 0 Å². The third-order valence-electron chi connectivity index (χ3n) is 3.52. The molecule has 0 amide bonds. The average molecular weight is 328 g/mol. The molecule has 1 aromatic carbocycles. The van der Waals surface area contributed by atoms with E-state index in [1.165, 1.54) is 44.1 Å². The Morgan fingerprint density at radius 1 is 1.21 bits per heavy atom. The van der Waals surface area contributed by atoms with Gasteiger partial charge in [0.05, 0.1) is 11.6 Å². The van der Waals surface area contributed by atoms with E-state index in [1.54, 1.807) is 7.11 Å². The number of rotatable bonds is 9. The maximum atomic E-state index is 5.27. The highest BCUT2D eigenvalue weighted by Gasteiger charge is 2.11. The largest absolute Gasteiger partial charge is 0.496 e. The van der Waals surface area contributed by atoms with Crippen molar-refractivity contribution in [3.63, 3.8) is 0 Å². The van der Waals surface area contributed by atoms with Crippen molar-refractivity contribution in [1.29, 1.82) is 0 Å². The minimum atomic E-state index is 0.434. The number of unbranched alkanes of at least 4 members (excludes halogenated alkanes) is 4. The maximum Gasteiger partial charge on any atom is 0.133 e. The third kappa shape index (κ3) is 5.53. The molecule has 0 heterocycles. The Balaban J connectivity index is 2.52. The van der Waals surface area contributed by atoms with Gasteiger partial charge in [0.1, 0.15) is 5.75 Å². The summed E-state index contributed by atoms with van der Waals surface area (Å²) in [6.07, 6.45) is 7.84. The van der Waals surface area contributed by atoms with Gasteiger partial charge in [-0.15, -0.1) is 0 Å². The fraction of sp³-hybridized carbons (Fsp3) is 0.625. The Hall–Kier alpha value is -0.540. The average Bonchev–Trinajstić information content (AvgIpc) is 2.43. The van der Waals surface area contributed by atoms with Crippen molar-refractivity contribution in [2.75, 3.05) is 14.2 Å². The Morgan fingerprint density at radius 3 is 2.53 bits per heavy atom. The SMILES string of the molecule is CCCCCCCC(NC)c1ccc(OC)c(Br)c1. The molecule has 0 aliphatic rings. The molecule has 1 N–H and O–H groups in total. The first-order valence-corrected chi connectivity index (χ1v) is 8.03. The van der Waals surface area contributed by atoms with Crippen molar-refractivity contribution in [3.8, 4) is 5.75 Å². The fourth-order valence-corrected chi connectivity index (χ4v) is 2.89. The Kier molecular flexibility index (Phi) is 8.15. The molecule has 0 radical (unpaired) electrons. The zero-order chi connectivity index (χ0) is 14.1. The van der Waals surface area contributed by atoms with Crippen LogP contribution in [0.25, 0.3) is 0 Å². The second kappa shape index (κ2) is 9.38. The van der Waals surface area contributed by atoms with E-state index in [1.807, 2.05) is 13.1 Å². The molecule has 1 unspecified atom stereocenters. The molecule has 0 spiro atoms. The molecule has 0 saturated carbocycles. The molecule has 19 heavy (non-hydrogen) atoms. The summed E-state index contributed by atoms with van der Waals surface area (Å²) in [6.45, 7) is 2.26. The lowest BCUT2D eigenvalue weighted by Crippen LogP contribution is -2.16. The van der Waals surface area contributed by atoms with Crippen LogP contribution >= 0.6 is 15.9 Å². The fourth-order valence-electron chi connectivity index (χ4n) is 2.33. The number of methoxy groups -OCH3 is 1. The predicted octanol–water partition coefficient (Wildman–Crippen LogP) is 5.08. The zero-order valence-electron chi connectivity index (χ0n) is 12.3. The maximum absolute atomic E-state index is 5.27. The van der Waals surface area contributed by atoms with Gasteiger partial charge in [-0.05, 0) is 47.1 Å². The molecule has 1 rings (SSSR count). The van der Waals surface area contributed by atoms with Crippen LogP contribution in [0.5, 0.6) is 5.75 Å². The number of hydrogen-bond acceptors (Lipinski definition) is 2. The topological polar surface area (TPSA) is 21.3 Å². The van der Waals surface area contributed by atoms with Crippen molar-refractivity contribution < 1.29 is 4.74 Å².